The molecule has 4 heteroatoms. The summed E-state index contributed by atoms with van der Waals surface area (Å²) in [6.07, 6.45) is 2.35. The predicted octanol–water partition coefficient (Wildman–Crippen LogP) is 1.93. The van der Waals surface area contributed by atoms with Gasteiger partial charge < -0.3 is 10.5 Å². The molecule has 0 aromatic heterocycles. The highest BCUT2D eigenvalue weighted by atomic mass is 16.5. The number of hydrogen-bond donors (Lipinski definition) is 2. The second-order valence-electron chi connectivity index (χ2n) is 5.60. The van der Waals surface area contributed by atoms with Crippen molar-refractivity contribution in [2.45, 2.75) is 51.3 Å². The van der Waals surface area contributed by atoms with Crippen LogP contribution in [0.25, 0.3) is 0 Å². The van der Waals surface area contributed by atoms with Crippen LogP contribution in [0.1, 0.15) is 39.2 Å². The van der Waals surface area contributed by atoms with Gasteiger partial charge in [0.15, 0.2) is 0 Å². The number of rotatable bonds is 6. The molecule has 2 rings (SSSR count). The molecule has 1 unspecified atom stereocenters. The average Bonchev–Trinajstić information content (AvgIpc) is 3.12. The maximum Gasteiger partial charge on any atom is 0.242 e. The van der Waals surface area contributed by atoms with Gasteiger partial charge in [-0.1, -0.05) is 12.1 Å². The summed E-state index contributed by atoms with van der Waals surface area (Å²) in [6.45, 7) is 5.80. The second-order valence-corrected chi connectivity index (χ2v) is 5.60. The van der Waals surface area contributed by atoms with Crippen LogP contribution in [0.15, 0.2) is 24.3 Å². The third kappa shape index (κ3) is 3.26. The van der Waals surface area contributed by atoms with E-state index < -0.39 is 5.54 Å². The topological polar surface area (TPSA) is 64.3 Å². The molecule has 0 spiro atoms. The van der Waals surface area contributed by atoms with Gasteiger partial charge in [-0.15, -0.1) is 0 Å². The molecule has 1 aliphatic carbocycles. The highest BCUT2D eigenvalue weighted by Crippen LogP contribution is 2.29. The smallest absolute Gasteiger partial charge is 0.242 e. The molecule has 1 aliphatic rings. The van der Waals surface area contributed by atoms with E-state index in [0.717, 1.165) is 24.2 Å². The molecule has 1 fully saturated rings. The highest BCUT2D eigenvalue weighted by molar-refractivity contribution is 5.85. The van der Waals surface area contributed by atoms with Crippen molar-refractivity contribution in [2.75, 3.05) is 0 Å². The molecule has 104 valence electrons. The van der Waals surface area contributed by atoms with Crippen LogP contribution in [0.4, 0.5) is 0 Å². The largest absolute Gasteiger partial charge is 0.491 e. The molecular formula is C15H22N2O2. The molecular weight excluding hydrogens is 240 g/mol. The second kappa shape index (κ2) is 5.21. The normalized spacial score (nSPS) is 18.1. The van der Waals surface area contributed by atoms with Crippen LogP contribution in [0.3, 0.4) is 0 Å². The van der Waals surface area contributed by atoms with E-state index in [4.69, 9.17) is 10.5 Å². The lowest BCUT2D eigenvalue weighted by molar-refractivity contribution is -0.124. The average molecular weight is 262 g/mol. The van der Waals surface area contributed by atoms with Gasteiger partial charge in [0.05, 0.1) is 6.10 Å². The van der Waals surface area contributed by atoms with Crippen LogP contribution >= 0.6 is 0 Å². The van der Waals surface area contributed by atoms with Gasteiger partial charge in [0.1, 0.15) is 11.3 Å². The van der Waals surface area contributed by atoms with Crippen LogP contribution in [-0.2, 0) is 10.3 Å². The van der Waals surface area contributed by atoms with Crippen LogP contribution in [-0.4, -0.2) is 18.1 Å². The number of nitrogens with one attached hydrogen (secondary N) is 1. The van der Waals surface area contributed by atoms with Gasteiger partial charge in [-0.05, 0) is 51.3 Å². The summed E-state index contributed by atoms with van der Waals surface area (Å²) in [5, 5.41) is 3.33. The van der Waals surface area contributed by atoms with Crippen molar-refractivity contribution in [3.63, 3.8) is 0 Å². The molecule has 1 aromatic carbocycles. The summed E-state index contributed by atoms with van der Waals surface area (Å²) in [5.41, 5.74) is 5.63. The van der Waals surface area contributed by atoms with Gasteiger partial charge >= 0.3 is 0 Å². The fraction of sp³-hybridized carbons (Fsp3) is 0.533. The monoisotopic (exact) mass is 262 g/mol. The van der Waals surface area contributed by atoms with Gasteiger partial charge in [0.25, 0.3) is 0 Å². The van der Waals surface area contributed by atoms with E-state index in [2.05, 4.69) is 5.32 Å². The molecule has 0 saturated heterocycles. The van der Waals surface area contributed by atoms with Crippen LogP contribution in [0, 0.1) is 0 Å². The molecule has 1 saturated carbocycles. The van der Waals surface area contributed by atoms with Crippen LogP contribution in [0.2, 0.25) is 0 Å². The first-order valence-electron chi connectivity index (χ1n) is 6.76. The first-order chi connectivity index (χ1) is 8.91. The van der Waals surface area contributed by atoms with Crippen LogP contribution in [0.5, 0.6) is 5.75 Å². The minimum atomic E-state index is -0.808. The third-order valence-electron chi connectivity index (χ3n) is 3.37. The Labute approximate surface area is 114 Å². The van der Waals surface area contributed by atoms with Gasteiger partial charge in [0, 0.05) is 6.04 Å². The van der Waals surface area contributed by atoms with E-state index in [1.807, 2.05) is 45.0 Å². The maximum absolute atomic E-state index is 11.8. The lowest BCUT2D eigenvalue weighted by Crippen LogP contribution is -2.51. The Balaban J connectivity index is 2.19. The maximum atomic E-state index is 11.8. The van der Waals surface area contributed by atoms with Crippen molar-refractivity contribution in [2.24, 2.45) is 5.73 Å². The predicted molar refractivity (Wildman–Crippen MR) is 74.9 cm³/mol. The summed E-state index contributed by atoms with van der Waals surface area (Å²) in [6, 6.07) is 7.97. The number of nitrogens with two attached hydrogens (primary N) is 1. The summed E-state index contributed by atoms with van der Waals surface area (Å²) in [4.78, 5) is 11.8. The van der Waals surface area contributed by atoms with E-state index in [1.165, 1.54) is 0 Å². The van der Waals surface area contributed by atoms with E-state index in [9.17, 15) is 4.79 Å². The molecule has 1 amide bonds. The Hall–Kier alpha value is -1.55. The van der Waals surface area contributed by atoms with Crippen molar-refractivity contribution in [3.05, 3.63) is 29.8 Å². The minimum absolute atomic E-state index is 0.137. The van der Waals surface area contributed by atoms with Crippen LogP contribution < -0.4 is 15.8 Å². The van der Waals surface area contributed by atoms with E-state index >= 15 is 0 Å². The third-order valence-corrected chi connectivity index (χ3v) is 3.37. The first-order valence-corrected chi connectivity index (χ1v) is 6.76. The Morgan fingerprint density at radius 3 is 2.37 bits per heavy atom. The van der Waals surface area contributed by atoms with Crippen molar-refractivity contribution < 1.29 is 9.53 Å². The number of benzene rings is 1. The summed E-state index contributed by atoms with van der Waals surface area (Å²) in [5.74, 6) is 0.453. The van der Waals surface area contributed by atoms with Crippen molar-refractivity contribution in [1.29, 1.82) is 0 Å². The number of ether oxygens (including phenoxy) is 1. The molecule has 1 aromatic rings. The quantitative estimate of drug-likeness (QED) is 0.823. The van der Waals surface area contributed by atoms with Gasteiger partial charge in [-0.3, -0.25) is 10.1 Å². The molecule has 0 heterocycles. The fourth-order valence-electron chi connectivity index (χ4n) is 2.07. The molecule has 4 nitrogen and oxygen atoms in total. The number of carbonyl (C=O) groups excluding carboxylic acids is 1. The SMILES string of the molecule is CC(C)Oc1ccc(C(C)(NC2CC2)C(N)=O)cc1. The number of amides is 1. The zero-order valence-corrected chi connectivity index (χ0v) is 11.8. The van der Waals surface area contributed by atoms with Gasteiger partial charge in [-0.25, -0.2) is 0 Å². The Morgan fingerprint density at radius 2 is 1.95 bits per heavy atom. The van der Waals surface area contributed by atoms with E-state index in [0.29, 0.717) is 6.04 Å². The summed E-state index contributed by atoms with van der Waals surface area (Å²) >= 11 is 0. The first kappa shape index (κ1) is 13.9. The summed E-state index contributed by atoms with van der Waals surface area (Å²) < 4.78 is 5.60. The van der Waals surface area contributed by atoms with Crippen molar-refractivity contribution in [3.8, 4) is 5.75 Å². The summed E-state index contributed by atoms with van der Waals surface area (Å²) in [7, 11) is 0. The zero-order valence-electron chi connectivity index (χ0n) is 11.8. The molecule has 1 atom stereocenters. The Morgan fingerprint density at radius 1 is 1.37 bits per heavy atom. The van der Waals surface area contributed by atoms with Crippen molar-refractivity contribution >= 4 is 5.91 Å². The molecule has 0 bridgehead atoms. The Bertz CT molecular complexity index is 452. The highest BCUT2D eigenvalue weighted by Gasteiger charge is 2.38. The lowest BCUT2D eigenvalue weighted by Gasteiger charge is -2.28. The number of hydrogen-bond acceptors (Lipinski definition) is 3. The number of primary amides is 1. The number of carbonyl (C=O) groups is 1. The standard InChI is InChI=1S/C15H22N2O2/c1-10(2)19-13-8-4-11(5-9-13)15(3,14(16)18)17-12-6-7-12/h4-5,8-10,12,17H,6-7H2,1-3H3,(H2,16,18). The van der Waals surface area contributed by atoms with E-state index in [-0.39, 0.29) is 12.0 Å². The zero-order chi connectivity index (χ0) is 14.0. The van der Waals surface area contributed by atoms with Gasteiger partial charge in [-0.2, -0.15) is 0 Å². The van der Waals surface area contributed by atoms with Crippen molar-refractivity contribution in [1.82, 2.24) is 5.32 Å². The molecule has 0 radical (unpaired) electrons. The van der Waals surface area contributed by atoms with Gasteiger partial charge in [0.2, 0.25) is 5.91 Å². The molecule has 0 aliphatic heterocycles. The van der Waals surface area contributed by atoms with E-state index in [1.54, 1.807) is 0 Å². The fourth-order valence-corrected chi connectivity index (χ4v) is 2.07. The Kier molecular flexibility index (Phi) is 3.80. The molecule has 19 heavy (non-hydrogen) atoms. The lowest BCUT2D eigenvalue weighted by atomic mass is 9.91. The molecule has 3 N–H and O–H groups in total. The minimum Gasteiger partial charge on any atom is -0.491 e.